The third kappa shape index (κ3) is 3.73. The van der Waals surface area contributed by atoms with Gasteiger partial charge < -0.3 is 4.74 Å². The van der Waals surface area contributed by atoms with Crippen molar-refractivity contribution < 1.29 is 9.13 Å². The molecule has 23 heavy (non-hydrogen) atoms. The molecule has 0 saturated heterocycles. The molecule has 116 valence electrons. The van der Waals surface area contributed by atoms with Crippen LogP contribution in [0.1, 0.15) is 17.4 Å². The zero-order valence-corrected chi connectivity index (χ0v) is 12.4. The second kappa shape index (κ2) is 7.03. The van der Waals surface area contributed by atoms with Crippen LogP contribution in [0, 0.1) is 5.82 Å². The van der Waals surface area contributed by atoms with Gasteiger partial charge >= 0.3 is 0 Å². The van der Waals surface area contributed by atoms with E-state index in [4.69, 9.17) is 4.74 Å². The maximum absolute atomic E-state index is 13.6. The highest BCUT2D eigenvalue weighted by atomic mass is 19.1. The fraction of sp³-hybridized carbons (Fsp3) is 0.105. The second-order valence-electron chi connectivity index (χ2n) is 5.15. The summed E-state index contributed by atoms with van der Waals surface area (Å²) in [5.41, 5.74) is 1.38. The molecule has 1 unspecified atom stereocenters. The van der Waals surface area contributed by atoms with Gasteiger partial charge in [-0.2, -0.15) is 0 Å². The van der Waals surface area contributed by atoms with Crippen molar-refractivity contribution in [3.8, 4) is 0 Å². The van der Waals surface area contributed by atoms with Gasteiger partial charge in [0.1, 0.15) is 5.82 Å². The second-order valence-corrected chi connectivity index (χ2v) is 5.15. The van der Waals surface area contributed by atoms with Gasteiger partial charge in [-0.3, -0.25) is 9.36 Å². The molecule has 2 aromatic carbocycles. The standard InChI is InChI=1S/C19H16FNO2/c20-17-10-6-9-16(13-17)19(21-12-5-4-11-18(21)22)23-14-15-7-2-1-3-8-15/h1-13,19H,14H2. The van der Waals surface area contributed by atoms with E-state index in [2.05, 4.69) is 0 Å². The zero-order valence-electron chi connectivity index (χ0n) is 12.4. The Balaban J connectivity index is 1.94. The fourth-order valence-electron chi connectivity index (χ4n) is 2.38. The minimum absolute atomic E-state index is 0.199. The van der Waals surface area contributed by atoms with E-state index >= 15 is 0 Å². The Morgan fingerprint density at radius 3 is 2.48 bits per heavy atom. The Kier molecular flexibility index (Phi) is 4.64. The molecular weight excluding hydrogens is 293 g/mol. The number of nitrogens with zero attached hydrogens (tertiary/aromatic N) is 1. The zero-order chi connectivity index (χ0) is 16.1. The number of hydrogen-bond acceptors (Lipinski definition) is 2. The van der Waals surface area contributed by atoms with Crippen LogP contribution < -0.4 is 5.56 Å². The van der Waals surface area contributed by atoms with E-state index < -0.39 is 6.23 Å². The first-order valence-corrected chi connectivity index (χ1v) is 7.32. The maximum Gasteiger partial charge on any atom is 0.252 e. The molecule has 0 N–H and O–H groups in total. The summed E-state index contributed by atoms with van der Waals surface area (Å²) in [6, 6.07) is 20.6. The molecule has 3 rings (SSSR count). The van der Waals surface area contributed by atoms with Crippen molar-refractivity contribution in [1.82, 2.24) is 4.57 Å². The van der Waals surface area contributed by atoms with Crippen molar-refractivity contribution in [2.75, 3.05) is 0 Å². The van der Waals surface area contributed by atoms with Gasteiger partial charge in [-0.1, -0.05) is 48.5 Å². The Labute approximate surface area is 133 Å². The highest BCUT2D eigenvalue weighted by molar-refractivity contribution is 5.20. The van der Waals surface area contributed by atoms with Crippen LogP contribution in [0.2, 0.25) is 0 Å². The summed E-state index contributed by atoms with van der Waals surface area (Å²) in [5.74, 6) is -0.361. The molecule has 4 heteroatoms. The largest absolute Gasteiger partial charge is 0.349 e. The van der Waals surface area contributed by atoms with E-state index in [9.17, 15) is 9.18 Å². The highest BCUT2D eigenvalue weighted by Crippen LogP contribution is 2.21. The molecule has 0 saturated carbocycles. The van der Waals surface area contributed by atoms with Gasteiger partial charge in [0, 0.05) is 17.8 Å². The van der Waals surface area contributed by atoms with Crippen LogP contribution in [0.25, 0.3) is 0 Å². The summed E-state index contributed by atoms with van der Waals surface area (Å²) in [6.45, 7) is 0.323. The maximum atomic E-state index is 13.6. The summed E-state index contributed by atoms with van der Waals surface area (Å²) >= 11 is 0. The molecule has 0 bridgehead atoms. The van der Waals surface area contributed by atoms with Crippen LogP contribution in [-0.4, -0.2) is 4.57 Å². The lowest BCUT2D eigenvalue weighted by Crippen LogP contribution is -2.26. The molecule has 0 aliphatic heterocycles. The molecule has 0 fully saturated rings. The van der Waals surface area contributed by atoms with Crippen molar-refractivity contribution >= 4 is 0 Å². The number of benzene rings is 2. The van der Waals surface area contributed by atoms with E-state index in [0.717, 1.165) is 5.56 Å². The summed E-state index contributed by atoms with van der Waals surface area (Å²) < 4.78 is 21.0. The topological polar surface area (TPSA) is 31.2 Å². The van der Waals surface area contributed by atoms with Gasteiger partial charge in [0.25, 0.3) is 5.56 Å². The molecule has 1 aromatic heterocycles. The van der Waals surface area contributed by atoms with Gasteiger partial charge in [-0.05, 0) is 23.8 Å². The highest BCUT2D eigenvalue weighted by Gasteiger charge is 2.16. The number of aromatic nitrogens is 1. The smallest absolute Gasteiger partial charge is 0.252 e. The Bertz CT molecular complexity index is 830. The first-order valence-electron chi connectivity index (χ1n) is 7.32. The number of halogens is 1. The lowest BCUT2D eigenvalue weighted by Gasteiger charge is -2.21. The van der Waals surface area contributed by atoms with Crippen molar-refractivity contribution in [3.05, 3.63) is 106 Å². The molecular formula is C19H16FNO2. The van der Waals surface area contributed by atoms with Crippen molar-refractivity contribution in [2.45, 2.75) is 12.8 Å². The van der Waals surface area contributed by atoms with E-state index in [1.165, 1.54) is 22.8 Å². The van der Waals surface area contributed by atoms with Crippen molar-refractivity contribution in [3.63, 3.8) is 0 Å². The molecule has 0 spiro atoms. The molecule has 0 aliphatic carbocycles. The lowest BCUT2D eigenvalue weighted by atomic mass is 10.2. The first kappa shape index (κ1) is 15.2. The Morgan fingerprint density at radius 2 is 1.74 bits per heavy atom. The first-order chi connectivity index (χ1) is 11.2. The number of rotatable bonds is 5. The Hall–Kier alpha value is -2.72. The van der Waals surface area contributed by atoms with Crippen LogP contribution in [0.15, 0.2) is 83.8 Å². The number of pyridine rings is 1. The van der Waals surface area contributed by atoms with Crippen LogP contribution >= 0.6 is 0 Å². The molecule has 3 aromatic rings. The number of ether oxygens (including phenoxy) is 1. The SMILES string of the molecule is O=c1ccccn1C(OCc1ccccc1)c1cccc(F)c1. The third-order valence-corrected chi connectivity index (χ3v) is 3.49. The monoisotopic (exact) mass is 309 g/mol. The van der Waals surface area contributed by atoms with Gasteiger partial charge in [-0.15, -0.1) is 0 Å². The van der Waals surface area contributed by atoms with Gasteiger partial charge in [0.15, 0.2) is 6.23 Å². The molecule has 3 nitrogen and oxygen atoms in total. The summed E-state index contributed by atoms with van der Waals surface area (Å²) in [5, 5.41) is 0. The van der Waals surface area contributed by atoms with Crippen LogP contribution in [-0.2, 0) is 11.3 Å². The van der Waals surface area contributed by atoms with E-state index in [-0.39, 0.29) is 11.4 Å². The normalized spacial score (nSPS) is 12.0. The summed E-state index contributed by atoms with van der Waals surface area (Å²) in [6.07, 6.45) is 0.961. The van der Waals surface area contributed by atoms with Crippen molar-refractivity contribution in [1.29, 1.82) is 0 Å². The average Bonchev–Trinajstić information content (AvgIpc) is 2.58. The van der Waals surface area contributed by atoms with Gasteiger partial charge in [0.05, 0.1) is 6.61 Å². The molecule has 0 aliphatic rings. The molecule has 0 amide bonds. The Morgan fingerprint density at radius 1 is 0.957 bits per heavy atom. The quantitative estimate of drug-likeness (QED) is 0.719. The minimum Gasteiger partial charge on any atom is -0.349 e. The molecule has 1 heterocycles. The predicted octanol–water partition coefficient (Wildman–Crippen LogP) is 3.75. The van der Waals surface area contributed by atoms with Crippen LogP contribution in [0.5, 0.6) is 0 Å². The average molecular weight is 309 g/mol. The van der Waals surface area contributed by atoms with E-state index in [0.29, 0.717) is 12.2 Å². The third-order valence-electron chi connectivity index (χ3n) is 3.49. The van der Waals surface area contributed by atoms with E-state index in [1.54, 1.807) is 30.5 Å². The van der Waals surface area contributed by atoms with Crippen LogP contribution in [0.3, 0.4) is 0 Å². The van der Waals surface area contributed by atoms with E-state index in [1.807, 2.05) is 30.3 Å². The van der Waals surface area contributed by atoms with Crippen molar-refractivity contribution in [2.24, 2.45) is 0 Å². The summed E-state index contributed by atoms with van der Waals surface area (Å²) in [4.78, 5) is 12.1. The fourth-order valence-corrected chi connectivity index (χ4v) is 2.38. The summed E-state index contributed by atoms with van der Waals surface area (Å²) in [7, 11) is 0. The van der Waals surface area contributed by atoms with Gasteiger partial charge in [-0.25, -0.2) is 4.39 Å². The predicted molar refractivity (Wildman–Crippen MR) is 86.5 cm³/mol. The molecule has 1 atom stereocenters. The minimum atomic E-state index is -0.681. The number of hydrogen-bond donors (Lipinski definition) is 0. The van der Waals surface area contributed by atoms with Crippen LogP contribution in [0.4, 0.5) is 4.39 Å². The lowest BCUT2D eigenvalue weighted by molar-refractivity contribution is 0.0171. The van der Waals surface area contributed by atoms with Gasteiger partial charge in [0.2, 0.25) is 0 Å². The molecule has 0 radical (unpaired) electrons.